The minimum atomic E-state index is 0. The van der Waals surface area contributed by atoms with Gasteiger partial charge in [-0.3, -0.25) is 4.90 Å². The van der Waals surface area contributed by atoms with Gasteiger partial charge in [0.1, 0.15) is 5.75 Å². The van der Waals surface area contributed by atoms with Gasteiger partial charge in [0, 0.05) is 17.6 Å². The van der Waals surface area contributed by atoms with Crippen LogP contribution in [0.4, 0.5) is 0 Å². The van der Waals surface area contributed by atoms with Crippen LogP contribution in [0.2, 0.25) is 5.02 Å². The first-order valence-corrected chi connectivity index (χ1v) is 7.32. The van der Waals surface area contributed by atoms with E-state index in [1.54, 1.807) is 7.11 Å². The van der Waals surface area contributed by atoms with E-state index in [-0.39, 0.29) is 12.4 Å². The van der Waals surface area contributed by atoms with Crippen LogP contribution in [0.1, 0.15) is 24.8 Å². The van der Waals surface area contributed by atoms with Crippen LogP contribution in [0, 0.1) is 0 Å². The lowest BCUT2D eigenvalue weighted by Gasteiger charge is -2.27. The standard InChI is InChI=1S/C15H23ClN2O.ClH/c1-18(13-4-3-8-17-9-7-13)11-12-10-14(19-2)5-6-15(12)16;/h5-6,10,13,17H,3-4,7-9,11H2,1-2H3;1H. The maximum absolute atomic E-state index is 6.27. The Morgan fingerprint density at radius 2 is 2.15 bits per heavy atom. The number of benzene rings is 1. The molecule has 1 aliphatic heterocycles. The minimum Gasteiger partial charge on any atom is -0.497 e. The van der Waals surface area contributed by atoms with Crippen LogP contribution in [-0.4, -0.2) is 38.2 Å². The second-order valence-corrected chi connectivity index (χ2v) is 5.61. The molecular weight excluding hydrogens is 295 g/mol. The van der Waals surface area contributed by atoms with Gasteiger partial charge in [0.2, 0.25) is 0 Å². The molecule has 1 saturated heterocycles. The molecule has 0 amide bonds. The molecule has 0 saturated carbocycles. The molecule has 1 aliphatic rings. The van der Waals surface area contributed by atoms with E-state index in [1.807, 2.05) is 18.2 Å². The quantitative estimate of drug-likeness (QED) is 0.921. The van der Waals surface area contributed by atoms with Gasteiger partial charge in [0.15, 0.2) is 0 Å². The summed E-state index contributed by atoms with van der Waals surface area (Å²) in [7, 11) is 3.87. The Morgan fingerprint density at radius 3 is 2.90 bits per heavy atom. The Morgan fingerprint density at radius 1 is 1.35 bits per heavy atom. The SMILES string of the molecule is COc1ccc(Cl)c(CN(C)C2CCCNCC2)c1.Cl. The van der Waals surface area contributed by atoms with E-state index in [0.717, 1.165) is 36.0 Å². The van der Waals surface area contributed by atoms with Crippen molar-refractivity contribution in [3.8, 4) is 5.75 Å². The van der Waals surface area contributed by atoms with Crippen LogP contribution in [0.15, 0.2) is 18.2 Å². The summed E-state index contributed by atoms with van der Waals surface area (Å²) in [5, 5.41) is 4.27. The number of ether oxygens (including phenoxy) is 1. The summed E-state index contributed by atoms with van der Waals surface area (Å²) in [6.07, 6.45) is 3.71. The van der Waals surface area contributed by atoms with E-state index in [2.05, 4.69) is 17.3 Å². The summed E-state index contributed by atoms with van der Waals surface area (Å²) < 4.78 is 5.27. The molecule has 1 atom stereocenters. The number of nitrogens with one attached hydrogen (secondary N) is 1. The first kappa shape index (κ1) is 17.6. The molecule has 3 nitrogen and oxygen atoms in total. The molecule has 0 spiro atoms. The minimum absolute atomic E-state index is 0. The second-order valence-electron chi connectivity index (χ2n) is 5.21. The lowest BCUT2D eigenvalue weighted by molar-refractivity contribution is 0.216. The fourth-order valence-corrected chi connectivity index (χ4v) is 2.82. The van der Waals surface area contributed by atoms with Gasteiger partial charge >= 0.3 is 0 Å². The van der Waals surface area contributed by atoms with Crippen molar-refractivity contribution in [3.63, 3.8) is 0 Å². The number of hydrogen-bond donors (Lipinski definition) is 1. The fraction of sp³-hybridized carbons (Fsp3) is 0.600. The van der Waals surface area contributed by atoms with Crippen LogP contribution in [0.25, 0.3) is 0 Å². The van der Waals surface area contributed by atoms with E-state index in [1.165, 1.54) is 19.3 Å². The number of hydrogen-bond acceptors (Lipinski definition) is 3. The van der Waals surface area contributed by atoms with Gasteiger partial charge in [-0.05, 0) is 63.2 Å². The molecule has 20 heavy (non-hydrogen) atoms. The van der Waals surface area contributed by atoms with E-state index < -0.39 is 0 Å². The zero-order valence-electron chi connectivity index (χ0n) is 12.2. The average molecular weight is 319 g/mol. The molecule has 0 bridgehead atoms. The first-order valence-electron chi connectivity index (χ1n) is 6.94. The van der Waals surface area contributed by atoms with Crippen molar-refractivity contribution in [2.24, 2.45) is 0 Å². The molecule has 114 valence electrons. The third-order valence-electron chi connectivity index (χ3n) is 3.84. The third-order valence-corrected chi connectivity index (χ3v) is 4.21. The molecule has 1 fully saturated rings. The average Bonchev–Trinajstić information content (AvgIpc) is 2.70. The Balaban J connectivity index is 0.00000200. The first-order chi connectivity index (χ1) is 9.20. The largest absolute Gasteiger partial charge is 0.497 e. The Labute approximate surface area is 133 Å². The third kappa shape index (κ3) is 4.81. The summed E-state index contributed by atoms with van der Waals surface area (Å²) in [6.45, 7) is 3.13. The summed E-state index contributed by atoms with van der Waals surface area (Å²) in [5.41, 5.74) is 1.14. The van der Waals surface area contributed by atoms with Crippen molar-refractivity contribution < 1.29 is 4.74 Å². The number of methoxy groups -OCH3 is 1. The highest BCUT2D eigenvalue weighted by Gasteiger charge is 2.17. The molecule has 2 rings (SSSR count). The second kappa shape index (κ2) is 8.73. The molecule has 5 heteroatoms. The van der Waals surface area contributed by atoms with Gasteiger partial charge in [0.25, 0.3) is 0 Å². The highest BCUT2D eigenvalue weighted by molar-refractivity contribution is 6.31. The number of nitrogens with zero attached hydrogens (tertiary/aromatic N) is 1. The number of halogens is 2. The van der Waals surface area contributed by atoms with Crippen molar-refractivity contribution in [2.75, 3.05) is 27.2 Å². The van der Waals surface area contributed by atoms with E-state index >= 15 is 0 Å². The Hall–Kier alpha value is -0.480. The summed E-state index contributed by atoms with van der Waals surface area (Å²) in [4.78, 5) is 2.41. The van der Waals surface area contributed by atoms with E-state index in [4.69, 9.17) is 16.3 Å². The van der Waals surface area contributed by atoms with Crippen molar-refractivity contribution in [1.29, 1.82) is 0 Å². The van der Waals surface area contributed by atoms with Gasteiger partial charge in [-0.15, -0.1) is 12.4 Å². The predicted molar refractivity (Wildman–Crippen MR) is 87.2 cm³/mol. The monoisotopic (exact) mass is 318 g/mol. The van der Waals surface area contributed by atoms with E-state index in [0.29, 0.717) is 6.04 Å². The predicted octanol–water partition coefficient (Wildman–Crippen LogP) is 3.34. The lowest BCUT2D eigenvalue weighted by Crippen LogP contribution is -2.32. The molecule has 0 aromatic heterocycles. The zero-order chi connectivity index (χ0) is 13.7. The maximum Gasteiger partial charge on any atom is 0.119 e. The van der Waals surface area contributed by atoms with Crippen molar-refractivity contribution in [1.82, 2.24) is 10.2 Å². The molecule has 1 heterocycles. The summed E-state index contributed by atoms with van der Waals surface area (Å²) in [6, 6.07) is 6.49. The van der Waals surface area contributed by atoms with Crippen LogP contribution in [0.5, 0.6) is 5.75 Å². The van der Waals surface area contributed by atoms with Crippen LogP contribution >= 0.6 is 24.0 Å². The van der Waals surface area contributed by atoms with Crippen molar-refractivity contribution >= 4 is 24.0 Å². The topological polar surface area (TPSA) is 24.5 Å². The number of rotatable bonds is 4. The van der Waals surface area contributed by atoms with Gasteiger partial charge in [-0.25, -0.2) is 0 Å². The Bertz CT molecular complexity index is 407. The smallest absolute Gasteiger partial charge is 0.119 e. The molecule has 1 unspecified atom stereocenters. The van der Waals surface area contributed by atoms with Gasteiger partial charge in [-0.1, -0.05) is 11.6 Å². The lowest BCUT2D eigenvalue weighted by atomic mass is 10.1. The van der Waals surface area contributed by atoms with Crippen molar-refractivity contribution in [3.05, 3.63) is 28.8 Å². The van der Waals surface area contributed by atoms with Gasteiger partial charge in [-0.2, -0.15) is 0 Å². The molecule has 0 radical (unpaired) electrons. The van der Waals surface area contributed by atoms with Gasteiger partial charge in [0.05, 0.1) is 7.11 Å². The van der Waals surface area contributed by atoms with Crippen molar-refractivity contribution in [2.45, 2.75) is 31.8 Å². The fourth-order valence-electron chi connectivity index (χ4n) is 2.64. The molecule has 1 aromatic carbocycles. The Kier molecular flexibility index (Phi) is 7.67. The van der Waals surface area contributed by atoms with Crippen LogP contribution in [0.3, 0.4) is 0 Å². The van der Waals surface area contributed by atoms with Gasteiger partial charge < -0.3 is 10.1 Å². The van der Waals surface area contributed by atoms with Crippen LogP contribution < -0.4 is 10.1 Å². The maximum atomic E-state index is 6.27. The molecule has 0 aliphatic carbocycles. The van der Waals surface area contributed by atoms with E-state index in [9.17, 15) is 0 Å². The summed E-state index contributed by atoms with van der Waals surface area (Å²) >= 11 is 6.27. The zero-order valence-corrected chi connectivity index (χ0v) is 13.8. The molecule has 1 N–H and O–H groups in total. The molecular formula is C15H24Cl2N2O. The highest BCUT2D eigenvalue weighted by Crippen LogP contribution is 2.24. The highest BCUT2D eigenvalue weighted by atomic mass is 35.5. The normalized spacial score (nSPS) is 19.3. The summed E-state index contributed by atoms with van der Waals surface area (Å²) in [5.74, 6) is 0.871. The van der Waals surface area contributed by atoms with Crippen LogP contribution in [-0.2, 0) is 6.54 Å². The molecule has 1 aromatic rings.